The molecule has 0 amide bonds. The number of nitrogens with zero attached hydrogens (tertiary/aromatic N) is 1. The Morgan fingerprint density at radius 2 is 1.67 bits per heavy atom. The van der Waals surface area contributed by atoms with E-state index < -0.39 is 0 Å². The van der Waals surface area contributed by atoms with E-state index in [-0.39, 0.29) is 30.5 Å². The van der Waals surface area contributed by atoms with Crippen LogP contribution in [0.25, 0.3) is 22.0 Å². The lowest BCUT2D eigenvalue weighted by molar-refractivity contribution is 0.104. The van der Waals surface area contributed by atoms with Crippen molar-refractivity contribution in [3.05, 3.63) is 57.9 Å². The van der Waals surface area contributed by atoms with Gasteiger partial charge in [-0.05, 0) is 25.1 Å². The molecule has 0 bridgehead atoms. The number of aromatic nitrogens is 1. The Hall–Kier alpha value is -2.83. The molecular formula is C20H17ClN2O4. The molecule has 6 nitrogen and oxygen atoms in total. The van der Waals surface area contributed by atoms with Gasteiger partial charge in [0.15, 0.2) is 17.3 Å². The van der Waals surface area contributed by atoms with Gasteiger partial charge in [0.1, 0.15) is 0 Å². The number of fused-ring (bicyclic) bond motifs is 6. The van der Waals surface area contributed by atoms with E-state index in [9.17, 15) is 9.59 Å². The van der Waals surface area contributed by atoms with Gasteiger partial charge in [-0.15, -0.1) is 12.4 Å². The molecule has 2 aliphatic rings. The van der Waals surface area contributed by atoms with E-state index in [0.717, 1.165) is 5.56 Å². The van der Waals surface area contributed by atoms with Crippen LogP contribution in [-0.2, 0) is 6.54 Å². The smallest absolute Gasteiger partial charge is 0.259 e. The number of rotatable bonds is 3. The fourth-order valence-electron chi connectivity index (χ4n) is 3.83. The van der Waals surface area contributed by atoms with Crippen molar-refractivity contribution in [1.82, 2.24) is 4.57 Å². The van der Waals surface area contributed by atoms with Crippen molar-refractivity contribution in [1.29, 1.82) is 0 Å². The molecule has 0 radical (unpaired) electrons. The Kier molecular flexibility index (Phi) is 4.17. The molecule has 1 aromatic heterocycles. The highest BCUT2D eigenvalue weighted by molar-refractivity contribution is 6.26. The average Bonchev–Trinajstić information content (AvgIpc) is 3.23. The first-order chi connectivity index (χ1) is 12.7. The molecule has 7 heteroatoms. The molecule has 138 valence electrons. The van der Waals surface area contributed by atoms with E-state index in [1.165, 1.54) is 0 Å². The predicted molar refractivity (Wildman–Crippen MR) is 104 cm³/mol. The van der Waals surface area contributed by atoms with Crippen LogP contribution >= 0.6 is 12.4 Å². The highest BCUT2D eigenvalue weighted by atomic mass is 35.5. The molecular weight excluding hydrogens is 368 g/mol. The molecule has 0 fully saturated rings. The van der Waals surface area contributed by atoms with E-state index in [1.807, 2.05) is 18.2 Å². The highest BCUT2D eigenvalue weighted by Crippen LogP contribution is 2.43. The van der Waals surface area contributed by atoms with Gasteiger partial charge in [-0.1, -0.05) is 24.3 Å². The molecule has 27 heavy (non-hydrogen) atoms. The summed E-state index contributed by atoms with van der Waals surface area (Å²) in [4.78, 5) is 26.4. The van der Waals surface area contributed by atoms with Crippen LogP contribution in [0.2, 0.25) is 0 Å². The Balaban J connectivity index is 0.00000180. The van der Waals surface area contributed by atoms with Gasteiger partial charge in [-0.25, -0.2) is 0 Å². The molecule has 0 spiro atoms. The number of nitrogens with two attached hydrogens (primary N) is 1. The maximum atomic E-state index is 13.2. The predicted octanol–water partition coefficient (Wildman–Crippen LogP) is 2.71. The third kappa shape index (κ3) is 2.37. The lowest BCUT2D eigenvalue weighted by atomic mass is 10.0. The molecule has 0 atom stereocenters. The summed E-state index contributed by atoms with van der Waals surface area (Å²) in [5, 5.41) is 1.07. The van der Waals surface area contributed by atoms with Gasteiger partial charge in [0.25, 0.3) is 5.56 Å². The standard InChI is InChI=1S/C20H16N2O4.ClH/c21-6-3-7-22-18-11-4-1-2-5-12(11)19(23)17(18)13-8-15-16(26-10-25-15)9-14(13)20(22)24;/h1-2,4-5,8-9H,3,6-7,10,21H2;1H. The summed E-state index contributed by atoms with van der Waals surface area (Å²) in [6.07, 6.45) is 0.652. The topological polar surface area (TPSA) is 83.6 Å². The lowest BCUT2D eigenvalue weighted by Crippen LogP contribution is -2.24. The van der Waals surface area contributed by atoms with Crippen molar-refractivity contribution in [2.45, 2.75) is 13.0 Å². The zero-order chi connectivity index (χ0) is 17.8. The van der Waals surface area contributed by atoms with Gasteiger partial charge in [-0.3, -0.25) is 9.59 Å². The molecule has 5 rings (SSSR count). The molecule has 1 aliphatic heterocycles. The van der Waals surface area contributed by atoms with Gasteiger partial charge in [0.05, 0.1) is 16.6 Å². The van der Waals surface area contributed by atoms with Crippen LogP contribution in [0.3, 0.4) is 0 Å². The first-order valence-corrected chi connectivity index (χ1v) is 8.55. The van der Waals surface area contributed by atoms with E-state index in [0.29, 0.717) is 58.6 Å². The number of carbonyl (C=O) groups is 1. The minimum atomic E-state index is -0.144. The first-order valence-electron chi connectivity index (χ1n) is 8.55. The summed E-state index contributed by atoms with van der Waals surface area (Å²) in [7, 11) is 0. The van der Waals surface area contributed by atoms with Gasteiger partial charge >= 0.3 is 0 Å². The summed E-state index contributed by atoms with van der Waals surface area (Å²) in [6, 6.07) is 10.8. The van der Waals surface area contributed by atoms with Crippen LogP contribution in [0.5, 0.6) is 11.5 Å². The third-order valence-corrected chi connectivity index (χ3v) is 5.00. The SMILES string of the molecule is Cl.NCCCn1c2c(c3cc4c(cc3c1=O)OCO4)C(=O)c1ccccc1-2. The number of hydrogen-bond acceptors (Lipinski definition) is 5. The number of ketones is 1. The molecule has 1 aliphatic carbocycles. The van der Waals surface area contributed by atoms with Crippen LogP contribution in [0.4, 0.5) is 0 Å². The number of ether oxygens (including phenoxy) is 2. The second-order valence-electron chi connectivity index (χ2n) is 6.45. The number of halogens is 1. The van der Waals surface area contributed by atoms with Gasteiger partial charge in [0, 0.05) is 23.1 Å². The minimum Gasteiger partial charge on any atom is -0.454 e. The van der Waals surface area contributed by atoms with Gasteiger partial charge < -0.3 is 19.8 Å². The summed E-state index contributed by atoms with van der Waals surface area (Å²) >= 11 is 0. The van der Waals surface area contributed by atoms with E-state index in [1.54, 1.807) is 22.8 Å². The Bertz CT molecular complexity index is 1150. The minimum absolute atomic E-state index is 0. The maximum absolute atomic E-state index is 13.2. The second kappa shape index (κ2) is 6.40. The monoisotopic (exact) mass is 384 g/mol. The molecule has 2 heterocycles. The second-order valence-corrected chi connectivity index (χ2v) is 6.45. The van der Waals surface area contributed by atoms with Crippen molar-refractivity contribution >= 4 is 29.0 Å². The zero-order valence-corrected chi connectivity index (χ0v) is 15.2. The molecule has 2 aromatic carbocycles. The normalized spacial score (nSPS) is 13.4. The fourth-order valence-corrected chi connectivity index (χ4v) is 3.83. The largest absolute Gasteiger partial charge is 0.454 e. The maximum Gasteiger partial charge on any atom is 0.259 e. The molecule has 2 N–H and O–H groups in total. The van der Waals surface area contributed by atoms with Crippen LogP contribution in [0.1, 0.15) is 22.3 Å². The Labute approximate surface area is 160 Å². The molecule has 0 saturated carbocycles. The Morgan fingerprint density at radius 3 is 2.37 bits per heavy atom. The fraction of sp³-hybridized carbons (Fsp3) is 0.200. The van der Waals surface area contributed by atoms with Gasteiger partial charge in [-0.2, -0.15) is 0 Å². The summed E-state index contributed by atoms with van der Waals surface area (Å²) in [5.74, 6) is 1.02. The summed E-state index contributed by atoms with van der Waals surface area (Å²) in [5.41, 5.74) is 8.16. The molecule has 0 saturated heterocycles. The molecule has 0 unspecified atom stereocenters. The first kappa shape index (κ1) is 17.6. The van der Waals surface area contributed by atoms with Crippen LogP contribution < -0.4 is 20.8 Å². The number of hydrogen-bond donors (Lipinski definition) is 1. The van der Waals surface area contributed by atoms with Crippen molar-refractivity contribution < 1.29 is 14.3 Å². The van der Waals surface area contributed by atoms with E-state index in [4.69, 9.17) is 15.2 Å². The number of carbonyl (C=O) groups excluding carboxylic acids is 1. The van der Waals surface area contributed by atoms with Crippen molar-refractivity contribution in [3.8, 4) is 22.8 Å². The van der Waals surface area contributed by atoms with Crippen LogP contribution in [0, 0.1) is 0 Å². The van der Waals surface area contributed by atoms with Crippen LogP contribution in [-0.4, -0.2) is 23.7 Å². The number of benzene rings is 2. The van der Waals surface area contributed by atoms with Crippen molar-refractivity contribution in [3.63, 3.8) is 0 Å². The third-order valence-electron chi connectivity index (χ3n) is 5.00. The highest BCUT2D eigenvalue weighted by Gasteiger charge is 2.33. The molecule has 3 aromatic rings. The van der Waals surface area contributed by atoms with Crippen LogP contribution in [0.15, 0.2) is 41.2 Å². The van der Waals surface area contributed by atoms with Gasteiger partial charge in [0.2, 0.25) is 6.79 Å². The zero-order valence-electron chi connectivity index (χ0n) is 14.4. The average molecular weight is 385 g/mol. The van der Waals surface area contributed by atoms with Crippen molar-refractivity contribution in [2.24, 2.45) is 5.73 Å². The number of pyridine rings is 1. The van der Waals surface area contributed by atoms with E-state index >= 15 is 0 Å². The summed E-state index contributed by atoms with van der Waals surface area (Å²) < 4.78 is 12.5. The lowest BCUT2D eigenvalue weighted by Gasteiger charge is -2.15. The Morgan fingerprint density at radius 1 is 1.00 bits per heavy atom. The van der Waals surface area contributed by atoms with Crippen molar-refractivity contribution in [2.75, 3.05) is 13.3 Å². The quantitative estimate of drug-likeness (QED) is 0.587. The van der Waals surface area contributed by atoms with E-state index in [2.05, 4.69) is 0 Å². The summed E-state index contributed by atoms with van der Waals surface area (Å²) in [6.45, 7) is 1.04.